The molecule has 1 aliphatic carbocycles. The smallest absolute Gasteiger partial charge is 0.416 e. The molecule has 2 aromatic rings. The Morgan fingerprint density at radius 2 is 1.86 bits per heavy atom. The predicted octanol–water partition coefficient (Wildman–Crippen LogP) is 5.82. The zero-order valence-electron chi connectivity index (χ0n) is 20.2. The molecule has 3 heterocycles. The fourth-order valence-corrected chi connectivity index (χ4v) is 5.94. The van der Waals surface area contributed by atoms with Crippen molar-refractivity contribution in [3.63, 3.8) is 0 Å². The van der Waals surface area contributed by atoms with Crippen molar-refractivity contribution < 1.29 is 27.4 Å². The summed E-state index contributed by atoms with van der Waals surface area (Å²) in [5, 5.41) is 3.09. The van der Waals surface area contributed by atoms with E-state index in [-0.39, 0.29) is 17.6 Å². The number of hydrogen-bond donors (Lipinski definition) is 1. The molecule has 3 aliphatic heterocycles. The van der Waals surface area contributed by atoms with Crippen LogP contribution >= 0.6 is 0 Å². The summed E-state index contributed by atoms with van der Waals surface area (Å²) in [4.78, 5) is 15.2. The predicted molar refractivity (Wildman–Crippen MR) is 126 cm³/mol. The zero-order chi connectivity index (χ0) is 25.0. The van der Waals surface area contributed by atoms with E-state index in [9.17, 15) is 18.0 Å². The summed E-state index contributed by atoms with van der Waals surface area (Å²) < 4.78 is 51.2. The Balaban J connectivity index is 1.38. The third kappa shape index (κ3) is 4.60. The maximum Gasteiger partial charge on any atom is 0.416 e. The van der Waals surface area contributed by atoms with Gasteiger partial charge in [-0.3, -0.25) is 4.90 Å². The van der Waals surface area contributed by atoms with Gasteiger partial charge in [0.25, 0.3) is 0 Å². The summed E-state index contributed by atoms with van der Waals surface area (Å²) in [5.74, 6) is 0.811. The highest BCUT2D eigenvalue weighted by Crippen LogP contribution is 2.47. The summed E-state index contributed by atoms with van der Waals surface area (Å²) in [6.07, 6.45) is -2.10. The molecule has 8 heteroatoms. The standard InChI is InChI=1S/C27H31F3N2O3/c1-26(2)14-18-12-17(21-13-19(27(28,29)30)5-7-22(21)34-3)4-6-20(18)24(26)31-25(33)35-23-15-32-10-8-16(23)9-11-32/h4-7,12-13,16,23-24H,8-11,14-15H2,1-3H3,(H,31,33)/t23-,24?/m1/s1. The largest absolute Gasteiger partial charge is 0.496 e. The van der Waals surface area contributed by atoms with Crippen molar-refractivity contribution in [3.8, 4) is 16.9 Å². The van der Waals surface area contributed by atoms with Gasteiger partial charge in [-0.15, -0.1) is 0 Å². The number of benzene rings is 2. The maximum absolute atomic E-state index is 13.3. The molecule has 0 saturated carbocycles. The van der Waals surface area contributed by atoms with Crippen LogP contribution in [0, 0.1) is 11.3 Å². The van der Waals surface area contributed by atoms with Crippen molar-refractivity contribution in [1.29, 1.82) is 0 Å². The fraction of sp³-hybridized carbons (Fsp3) is 0.519. The van der Waals surface area contributed by atoms with Gasteiger partial charge in [-0.1, -0.05) is 32.0 Å². The van der Waals surface area contributed by atoms with Gasteiger partial charge in [-0.25, -0.2) is 4.79 Å². The Morgan fingerprint density at radius 1 is 1.11 bits per heavy atom. The zero-order valence-corrected chi connectivity index (χ0v) is 20.2. The minimum atomic E-state index is -4.44. The second-order valence-corrected chi connectivity index (χ2v) is 10.7. The third-order valence-corrected chi connectivity index (χ3v) is 7.84. The number of fused-ring (bicyclic) bond motifs is 4. The minimum Gasteiger partial charge on any atom is -0.496 e. The number of carbonyl (C=O) groups excluding carboxylic acids is 1. The molecule has 2 atom stereocenters. The van der Waals surface area contributed by atoms with Gasteiger partial charge in [0.15, 0.2) is 0 Å². The van der Waals surface area contributed by atoms with E-state index in [4.69, 9.17) is 9.47 Å². The second-order valence-electron chi connectivity index (χ2n) is 10.7. The van der Waals surface area contributed by atoms with Crippen LogP contribution < -0.4 is 10.1 Å². The number of rotatable bonds is 4. The molecule has 0 spiro atoms. The number of alkyl carbamates (subject to hydrolysis) is 1. The van der Waals surface area contributed by atoms with Crippen molar-refractivity contribution in [2.75, 3.05) is 26.7 Å². The topological polar surface area (TPSA) is 50.8 Å². The van der Waals surface area contributed by atoms with Crippen molar-refractivity contribution >= 4 is 6.09 Å². The number of alkyl halides is 3. The van der Waals surface area contributed by atoms with Crippen LogP contribution in [0.1, 0.15) is 49.4 Å². The number of halogens is 3. The molecule has 35 heavy (non-hydrogen) atoms. The van der Waals surface area contributed by atoms with E-state index < -0.39 is 17.8 Å². The van der Waals surface area contributed by atoms with Crippen LogP contribution in [0.2, 0.25) is 0 Å². The first-order valence-electron chi connectivity index (χ1n) is 12.1. The van der Waals surface area contributed by atoms with Crippen LogP contribution in [-0.4, -0.2) is 43.8 Å². The van der Waals surface area contributed by atoms with Gasteiger partial charge in [0.1, 0.15) is 11.9 Å². The highest BCUT2D eigenvalue weighted by atomic mass is 19.4. The van der Waals surface area contributed by atoms with Crippen LogP contribution in [-0.2, 0) is 17.3 Å². The van der Waals surface area contributed by atoms with Gasteiger partial charge >= 0.3 is 12.3 Å². The van der Waals surface area contributed by atoms with Crippen LogP contribution in [0.3, 0.4) is 0 Å². The van der Waals surface area contributed by atoms with E-state index in [1.807, 2.05) is 12.1 Å². The molecule has 1 unspecified atom stereocenters. The van der Waals surface area contributed by atoms with Crippen LogP contribution in [0.25, 0.3) is 11.1 Å². The summed E-state index contributed by atoms with van der Waals surface area (Å²) >= 11 is 0. The number of carbonyl (C=O) groups is 1. The van der Waals surface area contributed by atoms with E-state index in [0.29, 0.717) is 29.2 Å². The average molecular weight is 489 g/mol. The monoisotopic (exact) mass is 488 g/mol. The number of hydrogen-bond acceptors (Lipinski definition) is 4. The molecule has 6 rings (SSSR count). The summed E-state index contributed by atoms with van der Waals surface area (Å²) in [6, 6.07) is 8.87. The molecule has 1 amide bonds. The summed E-state index contributed by atoms with van der Waals surface area (Å²) in [6.45, 7) is 7.11. The van der Waals surface area contributed by atoms with Gasteiger partial charge in [-0.2, -0.15) is 13.2 Å². The number of amides is 1. The quantitative estimate of drug-likeness (QED) is 0.589. The molecule has 3 saturated heterocycles. The molecule has 0 radical (unpaired) electrons. The average Bonchev–Trinajstić information content (AvgIpc) is 3.07. The van der Waals surface area contributed by atoms with Gasteiger partial charge in [0.2, 0.25) is 0 Å². The Morgan fingerprint density at radius 3 is 2.49 bits per heavy atom. The van der Waals surface area contributed by atoms with Gasteiger partial charge in [0.05, 0.1) is 18.7 Å². The SMILES string of the molecule is COc1ccc(C(F)(F)F)cc1-c1ccc2c(c1)CC(C)(C)C2NC(=O)O[C@@H]1CN2CCC1CC2. The molecular formula is C27H31F3N2O3. The molecule has 2 aromatic carbocycles. The first kappa shape index (κ1) is 24.0. The Bertz CT molecular complexity index is 1120. The maximum atomic E-state index is 13.3. The molecule has 1 N–H and O–H groups in total. The van der Waals surface area contributed by atoms with Gasteiger partial charge in [0, 0.05) is 12.1 Å². The lowest BCUT2D eigenvalue weighted by atomic mass is 9.85. The van der Waals surface area contributed by atoms with Crippen LogP contribution in [0.5, 0.6) is 5.75 Å². The summed E-state index contributed by atoms with van der Waals surface area (Å²) in [7, 11) is 1.45. The molecule has 4 aliphatic rings. The molecule has 5 nitrogen and oxygen atoms in total. The van der Waals surface area contributed by atoms with Crippen LogP contribution in [0.4, 0.5) is 18.0 Å². The van der Waals surface area contributed by atoms with E-state index in [1.54, 1.807) is 6.07 Å². The Hall–Kier alpha value is -2.74. The van der Waals surface area contributed by atoms with E-state index in [1.165, 1.54) is 13.2 Å². The van der Waals surface area contributed by atoms with E-state index in [0.717, 1.165) is 55.7 Å². The van der Waals surface area contributed by atoms with Crippen LogP contribution in [0.15, 0.2) is 36.4 Å². The first-order chi connectivity index (χ1) is 16.5. The lowest BCUT2D eigenvalue weighted by Gasteiger charge is -2.44. The lowest BCUT2D eigenvalue weighted by Crippen LogP contribution is -2.53. The Labute approximate surface area is 203 Å². The van der Waals surface area contributed by atoms with Gasteiger partial charge in [-0.05, 0) is 78.6 Å². The number of ether oxygens (including phenoxy) is 2. The normalized spacial score (nSPS) is 26.8. The van der Waals surface area contributed by atoms with Crippen molar-refractivity contribution in [3.05, 3.63) is 53.1 Å². The second kappa shape index (κ2) is 8.73. The number of nitrogens with zero attached hydrogens (tertiary/aromatic N) is 1. The Kier molecular flexibility index (Phi) is 5.98. The lowest BCUT2D eigenvalue weighted by molar-refractivity contribution is -0.137. The third-order valence-electron chi connectivity index (χ3n) is 7.84. The molecule has 188 valence electrons. The number of nitrogens with one attached hydrogen (secondary N) is 1. The highest BCUT2D eigenvalue weighted by molar-refractivity contribution is 5.74. The van der Waals surface area contributed by atoms with Gasteiger partial charge < -0.3 is 14.8 Å². The number of piperidine rings is 3. The molecular weight excluding hydrogens is 457 g/mol. The van der Waals surface area contributed by atoms with Crippen molar-refractivity contribution in [2.24, 2.45) is 11.3 Å². The molecule has 0 aromatic heterocycles. The molecule has 2 bridgehead atoms. The van der Waals surface area contributed by atoms with E-state index >= 15 is 0 Å². The first-order valence-corrected chi connectivity index (χ1v) is 12.1. The minimum absolute atomic E-state index is 0.0720. The van der Waals surface area contributed by atoms with Crippen molar-refractivity contribution in [2.45, 2.75) is 51.4 Å². The number of methoxy groups -OCH3 is 1. The molecule has 3 fully saturated rings. The highest BCUT2D eigenvalue weighted by Gasteiger charge is 2.42. The van der Waals surface area contributed by atoms with E-state index in [2.05, 4.69) is 24.1 Å². The fourth-order valence-electron chi connectivity index (χ4n) is 5.94. The summed E-state index contributed by atoms with van der Waals surface area (Å²) in [5.41, 5.74) is 2.02. The van der Waals surface area contributed by atoms with Crippen molar-refractivity contribution in [1.82, 2.24) is 10.2 Å².